The van der Waals surface area contributed by atoms with Crippen LogP contribution in [0.5, 0.6) is 0 Å². The molecular formula is C18H14BrF3N2O2. The molecule has 2 aromatic carbocycles. The Morgan fingerprint density at radius 1 is 1.15 bits per heavy atom. The highest BCUT2D eigenvalue weighted by Crippen LogP contribution is 2.42. The third-order valence-corrected chi connectivity index (χ3v) is 4.64. The molecule has 0 saturated heterocycles. The number of carbonyl (C=O) groups is 1. The van der Waals surface area contributed by atoms with Crippen LogP contribution in [0.15, 0.2) is 58.1 Å². The van der Waals surface area contributed by atoms with Gasteiger partial charge in [0, 0.05) is 10.0 Å². The molecule has 4 nitrogen and oxygen atoms in total. The predicted octanol–water partition coefficient (Wildman–Crippen LogP) is 4.26. The summed E-state index contributed by atoms with van der Waals surface area (Å²) < 4.78 is 41.4. The highest BCUT2D eigenvalue weighted by molar-refractivity contribution is 9.10. The number of benzene rings is 2. The van der Waals surface area contributed by atoms with Gasteiger partial charge in [0.25, 0.3) is 11.6 Å². The van der Waals surface area contributed by atoms with Gasteiger partial charge >= 0.3 is 6.18 Å². The number of rotatable bonds is 2. The summed E-state index contributed by atoms with van der Waals surface area (Å²) in [7, 11) is 0. The van der Waals surface area contributed by atoms with E-state index in [-0.39, 0.29) is 16.3 Å². The largest absolute Gasteiger partial charge is 0.438 e. The molecular weight excluding hydrogens is 413 g/mol. The molecule has 8 heteroatoms. The summed E-state index contributed by atoms with van der Waals surface area (Å²) in [5.74, 6) is -1.03. The number of aliphatic hydroxyl groups is 1. The second-order valence-corrected chi connectivity index (χ2v) is 6.94. The maximum absolute atomic E-state index is 13.6. The van der Waals surface area contributed by atoms with Gasteiger partial charge in [-0.3, -0.25) is 4.79 Å². The summed E-state index contributed by atoms with van der Waals surface area (Å²) in [4.78, 5) is 12.6. The van der Waals surface area contributed by atoms with Crippen molar-refractivity contribution in [2.24, 2.45) is 5.10 Å². The summed E-state index contributed by atoms with van der Waals surface area (Å²) in [5.41, 5.74) is -2.05. The summed E-state index contributed by atoms with van der Waals surface area (Å²) in [6.07, 6.45) is -5.89. The van der Waals surface area contributed by atoms with Crippen molar-refractivity contribution >= 4 is 27.5 Å². The highest BCUT2D eigenvalue weighted by atomic mass is 79.9. The van der Waals surface area contributed by atoms with Crippen molar-refractivity contribution in [3.05, 3.63) is 69.7 Å². The standard InChI is InChI=1S/C18H14BrF3N2O2/c1-11-2-4-12(5-3-11)15-10-17(26,18(20,21)22)24(23-15)16(25)13-6-8-14(19)9-7-13/h2-9,26H,10H2,1H3. The topological polar surface area (TPSA) is 52.9 Å². The number of aryl methyl sites for hydroxylation is 1. The zero-order valence-corrected chi connectivity index (χ0v) is 15.2. The monoisotopic (exact) mass is 426 g/mol. The molecule has 1 atom stereocenters. The zero-order valence-electron chi connectivity index (χ0n) is 13.6. The third kappa shape index (κ3) is 3.26. The molecule has 1 aliphatic rings. The summed E-state index contributed by atoms with van der Waals surface area (Å²) in [6.45, 7) is 1.84. The van der Waals surface area contributed by atoms with Gasteiger partial charge in [0.05, 0.1) is 12.1 Å². The van der Waals surface area contributed by atoms with Crippen LogP contribution in [0.3, 0.4) is 0 Å². The van der Waals surface area contributed by atoms with Crippen molar-refractivity contribution in [2.75, 3.05) is 0 Å². The number of hydrogen-bond acceptors (Lipinski definition) is 3. The molecule has 0 aromatic heterocycles. The van der Waals surface area contributed by atoms with E-state index < -0.39 is 24.2 Å². The Hall–Kier alpha value is -2.19. The fourth-order valence-corrected chi connectivity index (χ4v) is 2.87. The lowest BCUT2D eigenvalue weighted by molar-refractivity contribution is -0.297. The fourth-order valence-electron chi connectivity index (χ4n) is 2.60. The number of carbonyl (C=O) groups excluding carboxylic acids is 1. The Bertz CT molecular complexity index is 864. The minimum atomic E-state index is -5.06. The van der Waals surface area contributed by atoms with E-state index in [0.29, 0.717) is 10.0 Å². The van der Waals surface area contributed by atoms with Crippen LogP contribution in [0, 0.1) is 6.92 Å². The summed E-state index contributed by atoms with van der Waals surface area (Å²) in [6, 6.07) is 12.5. The summed E-state index contributed by atoms with van der Waals surface area (Å²) in [5, 5.41) is 14.3. The van der Waals surface area contributed by atoms with Crippen molar-refractivity contribution in [3.8, 4) is 0 Å². The summed E-state index contributed by atoms with van der Waals surface area (Å²) >= 11 is 3.20. The predicted molar refractivity (Wildman–Crippen MR) is 93.6 cm³/mol. The van der Waals surface area contributed by atoms with Crippen molar-refractivity contribution in [1.82, 2.24) is 5.01 Å². The molecule has 0 spiro atoms. The molecule has 2 aromatic rings. The Kier molecular flexibility index (Phi) is 4.66. The molecule has 0 bridgehead atoms. The Balaban J connectivity index is 2.03. The number of halogens is 4. The molecule has 1 heterocycles. The number of amides is 1. The van der Waals surface area contributed by atoms with Crippen LogP contribution in [0.2, 0.25) is 0 Å². The Morgan fingerprint density at radius 3 is 2.27 bits per heavy atom. The number of alkyl halides is 3. The van der Waals surface area contributed by atoms with E-state index in [9.17, 15) is 23.1 Å². The van der Waals surface area contributed by atoms with E-state index >= 15 is 0 Å². The van der Waals surface area contributed by atoms with E-state index in [1.54, 1.807) is 24.3 Å². The normalized spacial score (nSPS) is 20.2. The average Bonchev–Trinajstić information content (AvgIpc) is 2.94. The van der Waals surface area contributed by atoms with Gasteiger partial charge in [0.2, 0.25) is 0 Å². The maximum atomic E-state index is 13.6. The lowest BCUT2D eigenvalue weighted by Crippen LogP contribution is -2.56. The molecule has 0 saturated carbocycles. The SMILES string of the molecule is Cc1ccc(C2=NN(C(=O)c3ccc(Br)cc3)C(O)(C(F)(F)F)C2)cc1. The highest BCUT2D eigenvalue weighted by Gasteiger charge is 2.63. The molecule has 1 amide bonds. The lowest BCUT2D eigenvalue weighted by Gasteiger charge is -2.32. The van der Waals surface area contributed by atoms with E-state index in [2.05, 4.69) is 21.0 Å². The van der Waals surface area contributed by atoms with E-state index in [1.165, 1.54) is 24.3 Å². The van der Waals surface area contributed by atoms with Crippen LogP contribution >= 0.6 is 15.9 Å². The van der Waals surface area contributed by atoms with Gasteiger partial charge in [-0.1, -0.05) is 45.8 Å². The molecule has 3 rings (SSSR count). The van der Waals surface area contributed by atoms with E-state index in [4.69, 9.17) is 0 Å². The van der Waals surface area contributed by atoms with Crippen LogP contribution in [0.25, 0.3) is 0 Å². The van der Waals surface area contributed by atoms with Crippen molar-refractivity contribution in [2.45, 2.75) is 25.2 Å². The Labute approximate surface area is 156 Å². The molecule has 26 heavy (non-hydrogen) atoms. The first-order chi connectivity index (χ1) is 12.1. The Morgan fingerprint density at radius 2 is 1.73 bits per heavy atom. The van der Waals surface area contributed by atoms with Gasteiger partial charge in [-0.2, -0.15) is 23.3 Å². The maximum Gasteiger partial charge on any atom is 0.438 e. The molecule has 136 valence electrons. The number of nitrogens with zero attached hydrogens (tertiary/aromatic N) is 2. The van der Waals surface area contributed by atoms with Gasteiger partial charge < -0.3 is 5.11 Å². The van der Waals surface area contributed by atoms with E-state index in [0.717, 1.165) is 5.56 Å². The number of hydrogen-bond donors (Lipinski definition) is 1. The van der Waals surface area contributed by atoms with Crippen LogP contribution in [-0.2, 0) is 0 Å². The van der Waals surface area contributed by atoms with Crippen LogP contribution < -0.4 is 0 Å². The van der Waals surface area contributed by atoms with Gasteiger partial charge in [0.1, 0.15) is 0 Å². The zero-order chi connectivity index (χ0) is 19.1. The van der Waals surface area contributed by atoms with Crippen molar-refractivity contribution in [3.63, 3.8) is 0 Å². The first kappa shape index (κ1) is 18.6. The van der Waals surface area contributed by atoms with Crippen LogP contribution in [-0.4, -0.2) is 33.6 Å². The molecule has 1 N–H and O–H groups in total. The first-order valence-electron chi connectivity index (χ1n) is 7.65. The molecule has 1 aliphatic heterocycles. The lowest BCUT2D eigenvalue weighted by atomic mass is 10.00. The average molecular weight is 427 g/mol. The first-order valence-corrected chi connectivity index (χ1v) is 8.45. The van der Waals surface area contributed by atoms with Gasteiger partial charge in [-0.05, 0) is 36.8 Å². The van der Waals surface area contributed by atoms with Crippen LogP contribution in [0.4, 0.5) is 13.2 Å². The van der Waals surface area contributed by atoms with Gasteiger partial charge in [0.15, 0.2) is 0 Å². The van der Waals surface area contributed by atoms with Gasteiger partial charge in [-0.15, -0.1) is 0 Å². The second-order valence-electron chi connectivity index (χ2n) is 6.03. The minimum absolute atomic E-state index is 0.00436. The third-order valence-electron chi connectivity index (χ3n) is 4.11. The van der Waals surface area contributed by atoms with Gasteiger partial charge in [-0.25, -0.2) is 0 Å². The molecule has 1 unspecified atom stereocenters. The molecule has 0 aliphatic carbocycles. The van der Waals surface area contributed by atoms with Crippen molar-refractivity contribution < 1.29 is 23.1 Å². The minimum Gasteiger partial charge on any atom is -0.362 e. The quantitative estimate of drug-likeness (QED) is 0.779. The molecule has 0 radical (unpaired) electrons. The number of hydrazone groups is 1. The molecule has 0 fully saturated rings. The fraction of sp³-hybridized carbons (Fsp3) is 0.222. The second kappa shape index (κ2) is 6.51. The van der Waals surface area contributed by atoms with Crippen molar-refractivity contribution in [1.29, 1.82) is 0 Å². The van der Waals surface area contributed by atoms with E-state index in [1.807, 2.05) is 6.92 Å². The smallest absolute Gasteiger partial charge is 0.362 e. The van der Waals surface area contributed by atoms with Crippen LogP contribution in [0.1, 0.15) is 27.9 Å².